The summed E-state index contributed by atoms with van der Waals surface area (Å²) in [4.78, 5) is 11.9. The van der Waals surface area contributed by atoms with Crippen LogP contribution in [0.2, 0.25) is 5.02 Å². The molecule has 0 aliphatic rings. The molecule has 7 heteroatoms. The highest BCUT2D eigenvalue weighted by Crippen LogP contribution is 2.29. The Morgan fingerprint density at radius 1 is 1.27 bits per heavy atom. The van der Waals surface area contributed by atoms with E-state index in [1.807, 2.05) is 30.3 Å². The Bertz CT molecular complexity index is 738. The number of ether oxygens (including phenoxy) is 2. The molecular formula is C19H20ClNO5. The molecule has 6 nitrogen and oxygen atoms in total. The first-order valence-corrected chi connectivity index (χ1v) is 8.26. The van der Waals surface area contributed by atoms with E-state index in [4.69, 9.17) is 21.1 Å². The first-order chi connectivity index (χ1) is 12.5. The van der Waals surface area contributed by atoms with E-state index >= 15 is 0 Å². The first-order valence-electron chi connectivity index (χ1n) is 7.88. The van der Waals surface area contributed by atoms with Gasteiger partial charge in [-0.2, -0.15) is 0 Å². The maximum Gasteiger partial charge on any atom is 0.407 e. The Hall–Kier alpha value is -2.54. The number of hydrogen-bond acceptors (Lipinski definition) is 5. The van der Waals surface area contributed by atoms with Crippen molar-refractivity contribution in [3.8, 4) is 5.75 Å². The van der Waals surface area contributed by atoms with Crippen molar-refractivity contribution in [2.45, 2.75) is 18.8 Å². The van der Waals surface area contributed by atoms with E-state index < -0.39 is 24.8 Å². The number of hydrogen-bond donors (Lipinski definition) is 3. The van der Waals surface area contributed by atoms with Crippen molar-refractivity contribution in [2.75, 3.05) is 6.61 Å². The number of rotatable bonds is 8. The van der Waals surface area contributed by atoms with Crippen LogP contribution in [0.1, 0.15) is 17.2 Å². The fraction of sp³-hybridized carbons (Fsp3) is 0.211. The summed E-state index contributed by atoms with van der Waals surface area (Å²) < 4.78 is 10.2. The van der Waals surface area contributed by atoms with Gasteiger partial charge >= 0.3 is 6.09 Å². The molecule has 0 heterocycles. The maximum absolute atomic E-state index is 11.9. The summed E-state index contributed by atoms with van der Waals surface area (Å²) >= 11 is 6.06. The number of aliphatic hydroxyl groups is 2. The van der Waals surface area contributed by atoms with Crippen LogP contribution in [0.4, 0.5) is 4.79 Å². The maximum atomic E-state index is 11.9. The van der Waals surface area contributed by atoms with Gasteiger partial charge in [-0.1, -0.05) is 54.6 Å². The zero-order valence-corrected chi connectivity index (χ0v) is 14.7. The summed E-state index contributed by atoms with van der Waals surface area (Å²) in [7, 11) is 0. The molecule has 0 saturated carbocycles. The van der Waals surface area contributed by atoms with Crippen LogP contribution >= 0.6 is 11.6 Å². The highest BCUT2D eigenvalue weighted by atomic mass is 35.5. The average molecular weight is 378 g/mol. The number of aliphatic hydroxyl groups excluding tert-OH is 2. The average Bonchev–Trinajstić information content (AvgIpc) is 2.66. The number of nitrogens with one attached hydrogen (secondary N) is 1. The molecule has 0 bridgehead atoms. The highest BCUT2D eigenvalue weighted by molar-refractivity contribution is 6.32. The Balaban J connectivity index is 1.97. The Morgan fingerprint density at radius 3 is 2.62 bits per heavy atom. The normalized spacial score (nSPS) is 12.7. The van der Waals surface area contributed by atoms with Gasteiger partial charge in [0.05, 0.1) is 23.9 Å². The molecule has 26 heavy (non-hydrogen) atoms. The van der Waals surface area contributed by atoms with Crippen LogP contribution in [0.5, 0.6) is 5.75 Å². The van der Waals surface area contributed by atoms with Crippen molar-refractivity contribution >= 4 is 17.7 Å². The molecule has 0 aromatic heterocycles. The number of carbonyl (C=O) groups excluding carboxylic acids is 1. The summed E-state index contributed by atoms with van der Waals surface area (Å²) in [5.41, 5.74) is 1.24. The third-order valence-corrected chi connectivity index (χ3v) is 3.90. The molecule has 2 aromatic carbocycles. The quantitative estimate of drug-likeness (QED) is 0.615. The lowest BCUT2D eigenvalue weighted by Crippen LogP contribution is -2.42. The van der Waals surface area contributed by atoms with E-state index in [0.29, 0.717) is 11.3 Å². The monoisotopic (exact) mass is 377 g/mol. The Morgan fingerprint density at radius 2 is 2.00 bits per heavy atom. The molecule has 2 rings (SSSR count). The van der Waals surface area contributed by atoms with Crippen molar-refractivity contribution in [1.29, 1.82) is 0 Å². The zero-order chi connectivity index (χ0) is 18.9. The van der Waals surface area contributed by atoms with Gasteiger partial charge in [-0.3, -0.25) is 0 Å². The minimum atomic E-state index is -1.18. The van der Waals surface area contributed by atoms with Crippen LogP contribution in [0.3, 0.4) is 0 Å². The molecule has 2 aromatic rings. The second-order valence-corrected chi connectivity index (χ2v) is 5.82. The fourth-order valence-corrected chi connectivity index (χ4v) is 2.49. The van der Waals surface area contributed by atoms with Gasteiger partial charge in [-0.25, -0.2) is 4.79 Å². The third-order valence-electron chi connectivity index (χ3n) is 3.60. The predicted octanol–water partition coefficient (Wildman–Crippen LogP) is 3.18. The molecule has 0 unspecified atom stereocenters. The van der Waals surface area contributed by atoms with E-state index in [1.54, 1.807) is 12.1 Å². The van der Waals surface area contributed by atoms with Crippen molar-refractivity contribution in [2.24, 2.45) is 0 Å². The third kappa shape index (κ3) is 5.49. The summed E-state index contributed by atoms with van der Waals surface area (Å²) in [6.07, 6.45) is -0.692. The van der Waals surface area contributed by atoms with Gasteiger partial charge in [-0.15, -0.1) is 0 Å². The molecule has 3 N–H and O–H groups in total. The molecule has 138 valence electrons. The van der Waals surface area contributed by atoms with Crippen LogP contribution < -0.4 is 10.1 Å². The van der Waals surface area contributed by atoms with Crippen LogP contribution in [0.15, 0.2) is 61.4 Å². The van der Waals surface area contributed by atoms with Crippen LogP contribution in [-0.4, -0.2) is 29.0 Å². The van der Waals surface area contributed by atoms with Crippen molar-refractivity contribution in [3.05, 3.63) is 77.5 Å². The molecule has 0 aliphatic heterocycles. The molecule has 2 atom stereocenters. The zero-order valence-electron chi connectivity index (χ0n) is 14.0. The molecule has 0 radical (unpaired) electrons. The van der Waals surface area contributed by atoms with E-state index in [-0.39, 0.29) is 11.6 Å². The van der Waals surface area contributed by atoms with Crippen molar-refractivity contribution in [1.82, 2.24) is 5.32 Å². The number of halogens is 1. The standard InChI is InChI=1S/C19H20ClNO5/c1-2-25-17-9-8-14(10-15(17)20)18(23)16(11-22)21-19(24)26-12-13-6-4-3-5-7-13/h2-10,16,18,22-23H,1,11-12H2,(H,21,24)/t16-,18-/m1/s1. The minimum Gasteiger partial charge on any atom is -0.464 e. The van der Waals surface area contributed by atoms with Gasteiger partial charge in [-0.05, 0) is 23.3 Å². The van der Waals surface area contributed by atoms with E-state index in [2.05, 4.69) is 11.9 Å². The summed E-state index contributed by atoms with van der Waals surface area (Å²) in [5.74, 6) is 0.383. The smallest absolute Gasteiger partial charge is 0.407 e. The van der Waals surface area contributed by atoms with Gasteiger partial charge in [0.1, 0.15) is 18.5 Å². The van der Waals surface area contributed by atoms with Crippen LogP contribution in [0, 0.1) is 0 Å². The van der Waals surface area contributed by atoms with Gasteiger partial charge in [0, 0.05) is 0 Å². The van der Waals surface area contributed by atoms with Crippen LogP contribution in [-0.2, 0) is 11.3 Å². The van der Waals surface area contributed by atoms with Gasteiger partial charge in [0.25, 0.3) is 0 Å². The van der Waals surface area contributed by atoms with E-state index in [9.17, 15) is 15.0 Å². The summed E-state index contributed by atoms with van der Waals surface area (Å²) in [6.45, 7) is 3.05. The lowest BCUT2D eigenvalue weighted by molar-refractivity contribution is 0.0763. The Kier molecular flexibility index (Phi) is 7.47. The molecule has 0 fully saturated rings. The van der Waals surface area contributed by atoms with E-state index in [0.717, 1.165) is 5.56 Å². The number of benzene rings is 2. The first kappa shape index (κ1) is 19.8. The highest BCUT2D eigenvalue weighted by Gasteiger charge is 2.23. The number of alkyl carbamates (subject to hydrolysis) is 1. The fourth-order valence-electron chi connectivity index (χ4n) is 2.26. The molecule has 0 spiro atoms. The van der Waals surface area contributed by atoms with Gasteiger partial charge in [0.15, 0.2) is 0 Å². The van der Waals surface area contributed by atoms with Crippen molar-refractivity contribution in [3.63, 3.8) is 0 Å². The molecule has 0 aliphatic carbocycles. The predicted molar refractivity (Wildman–Crippen MR) is 97.9 cm³/mol. The Labute approximate surface area is 156 Å². The second kappa shape index (κ2) is 9.82. The van der Waals surface area contributed by atoms with Gasteiger partial charge < -0.3 is 25.0 Å². The SMILES string of the molecule is C=COc1ccc([C@@H](O)[C@@H](CO)NC(=O)OCc2ccccc2)cc1Cl. The van der Waals surface area contributed by atoms with Crippen LogP contribution in [0.25, 0.3) is 0 Å². The summed E-state index contributed by atoms with van der Waals surface area (Å²) in [5, 5.41) is 22.6. The number of carbonyl (C=O) groups is 1. The number of amides is 1. The lowest BCUT2D eigenvalue weighted by Gasteiger charge is -2.22. The van der Waals surface area contributed by atoms with Gasteiger partial charge in [0.2, 0.25) is 0 Å². The van der Waals surface area contributed by atoms with Crippen molar-refractivity contribution < 1.29 is 24.5 Å². The molecule has 1 amide bonds. The molecular weight excluding hydrogens is 358 g/mol. The topological polar surface area (TPSA) is 88.0 Å². The lowest BCUT2D eigenvalue weighted by atomic mass is 10.0. The van der Waals surface area contributed by atoms with E-state index in [1.165, 1.54) is 12.3 Å². The summed E-state index contributed by atoms with van der Waals surface area (Å²) in [6, 6.07) is 12.8. The largest absolute Gasteiger partial charge is 0.464 e. The second-order valence-electron chi connectivity index (χ2n) is 5.41. The molecule has 0 saturated heterocycles. The minimum absolute atomic E-state index is 0.0837.